The highest BCUT2D eigenvalue weighted by Gasteiger charge is 2.85. The van der Waals surface area contributed by atoms with E-state index in [2.05, 4.69) is 22.8 Å². The summed E-state index contributed by atoms with van der Waals surface area (Å²) in [5.41, 5.74) is 1.71. The molecule has 1 aliphatic heterocycles. The molecule has 45 heavy (non-hydrogen) atoms. The van der Waals surface area contributed by atoms with E-state index in [9.17, 15) is 24.6 Å². The lowest BCUT2D eigenvalue weighted by molar-refractivity contribution is -0.175. The van der Waals surface area contributed by atoms with Crippen molar-refractivity contribution in [1.29, 1.82) is 0 Å². The van der Waals surface area contributed by atoms with Gasteiger partial charge in [-0.1, -0.05) is 30.3 Å². The Kier molecular flexibility index (Phi) is 7.47. The number of fused-ring (bicyclic) bond motifs is 6. The summed E-state index contributed by atoms with van der Waals surface area (Å²) in [6, 6.07) is 15.4. The Morgan fingerprint density at radius 2 is 1.76 bits per heavy atom. The molecule has 4 N–H and O–H groups in total. The number of amides is 3. The molecule has 2 aromatic rings. The van der Waals surface area contributed by atoms with Crippen LogP contribution >= 0.6 is 0 Å². The van der Waals surface area contributed by atoms with Gasteiger partial charge in [0.25, 0.3) is 5.91 Å². The van der Waals surface area contributed by atoms with Crippen LogP contribution in [-0.4, -0.2) is 63.4 Å². The third-order valence-electron chi connectivity index (χ3n) is 11.3. The lowest BCUT2D eigenvalue weighted by Crippen LogP contribution is -2.60. The highest BCUT2D eigenvalue weighted by atomic mass is 16.6. The number of carbonyl (C=O) groups is 3. The third kappa shape index (κ3) is 5.42. The van der Waals surface area contributed by atoms with Crippen LogP contribution in [0.15, 0.2) is 48.5 Å². The number of hydrogen-bond acceptors (Lipinski definition) is 6. The predicted octanol–water partition coefficient (Wildman–Crippen LogP) is 4.68. The first kappa shape index (κ1) is 30.2. The molecule has 8 unspecified atom stereocenters. The van der Waals surface area contributed by atoms with Crippen molar-refractivity contribution in [1.82, 2.24) is 10.2 Å². The number of nitrogens with one attached hydrogen (secondary N) is 2. The Morgan fingerprint density at radius 1 is 1.00 bits per heavy atom. The van der Waals surface area contributed by atoms with Gasteiger partial charge in [-0.2, -0.15) is 0 Å². The number of benzene rings is 2. The number of anilines is 1. The minimum Gasteiger partial charge on any atom is -0.444 e. The number of carbonyl (C=O) groups excluding carboxylic acids is 3. The van der Waals surface area contributed by atoms with Gasteiger partial charge in [-0.15, -0.1) is 0 Å². The number of hydrogen-bond donors (Lipinski definition) is 4. The summed E-state index contributed by atoms with van der Waals surface area (Å²) in [5, 5.41) is 27.3. The van der Waals surface area contributed by atoms with Crippen LogP contribution in [0.25, 0.3) is 0 Å². The number of piperidine rings is 1. The van der Waals surface area contributed by atoms with Crippen molar-refractivity contribution in [3.8, 4) is 0 Å². The van der Waals surface area contributed by atoms with E-state index >= 15 is 0 Å². The monoisotopic (exact) mass is 615 g/mol. The number of ether oxygens (including phenoxy) is 1. The number of likely N-dealkylation sites (tertiary alicyclic amines) is 1. The fraction of sp³-hybridized carbons (Fsp3) is 0.583. The van der Waals surface area contributed by atoms with Crippen LogP contribution in [0.3, 0.4) is 0 Å². The first-order valence-corrected chi connectivity index (χ1v) is 16.6. The number of aliphatic hydroxyl groups excluding tert-OH is 1. The molecule has 0 spiro atoms. The van der Waals surface area contributed by atoms with Crippen molar-refractivity contribution in [3.05, 3.63) is 65.2 Å². The average molecular weight is 616 g/mol. The van der Waals surface area contributed by atoms with E-state index in [4.69, 9.17) is 4.74 Å². The van der Waals surface area contributed by atoms with E-state index in [0.29, 0.717) is 48.6 Å². The smallest absolute Gasteiger partial charge is 0.407 e. The van der Waals surface area contributed by atoms with Gasteiger partial charge in [0.05, 0.1) is 6.10 Å². The van der Waals surface area contributed by atoms with Gasteiger partial charge < -0.3 is 30.5 Å². The van der Waals surface area contributed by atoms with Crippen LogP contribution in [0.1, 0.15) is 80.3 Å². The van der Waals surface area contributed by atoms with Crippen molar-refractivity contribution in [2.24, 2.45) is 35.5 Å². The summed E-state index contributed by atoms with van der Waals surface area (Å²) in [4.78, 5) is 41.0. The Morgan fingerprint density at radius 3 is 2.47 bits per heavy atom. The van der Waals surface area contributed by atoms with Crippen LogP contribution < -0.4 is 10.6 Å². The molecule has 1 saturated heterocycles. The zero-order chi connectivity index (χ0) is 31.7. The van der Waals surface area contributed by atoms with E-state index in [0.717, 1.165) is 37.7 Å². The molecule has 4 saturated carbocycles. The first-order chi connectivity index (χ1) is 21.4. The number of alkyl carbamates (subject to hydrolysis) is 1. The van der Waals surface area contributed by atoms with Crippen molar-refractivity contribution in [2.45, 2.75) is 82.6 Å². The molecule has 240 valence electrons. The molecule has 0 radical (unpaired) electrons. The molecule has 1 heterocycles. The maximum atomic E-state index is 13.5. The second-order valence-corrected chi connectivity index (χ2v) is 15.0. The Balaban J connectivity index is 0.938. The van der Waals surface area contributed by atoms with Gasteiger partial charge in [0.2, 0.25) is 5.91 Å². The summed E-state index contributed by atoms with van der Waals surface area (Å²) >= 11 is 0. The number of rotatable bonds is 6. The van der Waals surface area contributed by atoms with Crippen molar-refractivity contribution >= 4 is 23.6 Å². The molecule has 0 bridgehead atoms. The van der Waals surface area contributed by atoms with Crippen LogP contribution in [0, 0.1) is 35.5 Å². The Bertz CT molecular complexity index is 1490. The summed E-state index contributed by atoms with van der Waals surface area (Å²) in [6.45, 7) is 7.17. The second-order valence-electron chi connectivity index (χ2n) is 15.0. The quantitative estimate of drug-likeness (QED) is 0.374. The summed E-state index contributed by atoms with van der Waals surface area (Å²) in [7, 11) is 0. The lowest BCUT2D eigenvalue weighted by Gasteiger charge is -2.58. The van der Waals surface area contributed by atoms with Gasteiger partial charge in [0.15, 0.2) is 0 Å². The van der Waals surface area contributed by atoms with Crippen molar-refractivity contribution < 1.29 is 29.3 Å². The largest absolute Gasteiger partial charge is 0.444 e. The molecule has 5 aliphatic rings. The third-order valence-corrected chi connectivity index (χ3v) is 11.3. The Labute approximate surface area is 264 Å². The molecule has 7 rings (SSSR count). The minimum atomic E-state index is -1.09. The van der Waals surface area contributed by atoms with Gasteiger partial charge in [-0.3, -0.25) is 9.59 Å². The SMILES string of the molecule is CC(C)(C)OC(=O)NCc1cccc(C2CCN(C(=O)c3cccc(NC(=O)C4CC5CCC5C5C4C4(O)C(O)C54)c3)CC2)c1. The normalized spacial score (nSPS) is 33.4. The molecule has 4 aliphatic carbocycles. The zero-order valence-electron chi connectivity index (χ0n) is 26.4. The van der Waals surface area contributed by atoms with E-state index in [1.807, 2.05) is 43.9 Å². The summed E-state index contributed by atoms with van der Waals surface area (Å²) < 4.78 is 5.34. The van der Waals surface area contributed by atoms with Gasteiger partial charge in [-0.05, 0) is 106 Å². The molecule has 9 heteroatoms. The van der Waals surface area contributed by atoms with Gasteiger partial charge in [0.1, 0.15) is 11.2 Å². The number of aliphatic hydroxyl groups is 2. The Hall–Kier alpha value is -3.43. The fourth-order valence-electron chi connectivity index (χ4n) is 9.02. The van der Waals surface area contributed by atoms with Gasteiger partial charge in [0, 0.05) is 48.6 Å². The van der Waals surface area contributed by atoms with Crippen molar-refractivity contribution in [2.75, 3.05) is 18.4 Å². The topological polar surface area (TPSA) is 128 Å². The molecule has 3 amide bonds. The van der Waals surface area contributed by atoms with E-state index in [-0.39, 0.29) is 35.5 Å². The van der Waals surface area contributed by atoms with Crippen LogP contribution in [0.2, 0.25) is 0 Å². The highest BCUT2D eigenvalue weighted by Crippen LogP contribution is 2.76. The average Bonchev–Trinajstić information content (AvgIpc) is 3.47. The molecule has 8 atom stereocenters. The standard InChI is InChI=1S/C36H45N3O6/c1-35(2,3)45-34(43)37-19-20-6-4-7-22(16-20)21-12-14-39(15-13-21)33(42)24-8-5-9-25(17-24)38-32(41)27-18-23-10-11-26(23)28-29(27)36(44)30(28)31(36)40/h4-9,16-17,21,23,26-31,40,44H,10-15,18-19H2,1-3H3,(H,37,43)(H,38,41). The predicted molar refractivity (Wildman–Crippen MR) is 168 cm³/mol. The molecular formula is C36H45N3O6. The number of nitrogens with zero attached hydrogens (tertiary/aromatic N) is 1. The van der Waals surface area contributed by atoms with Gasteiger partial charge in [-0.25, -0.2) is 4.79 Å². The molecular weight excluding hydrogens is 570 g/mol. The zero-order valence-corrected chi connectivity index (χ0v) is 26.4. The maximum Gasteiger partial charge on any atom is 0.407 e. The van der Waals surface area contributed by atoms with Crippen LogP contribution in [0.4, 0.5) is 10.5 Å². The minimum absolute atomic E-state index is 0.0489. The second kappa shape index (κ2) is 11.1. The molecule has 0 aromatic heterocycles. The summed E-state index contributed by atoms with van der Waals surface area (Å²) in [6.07, 6.45) is 3.57. The molecule has 5 fully saturated rings. The van der Waals surface area contributed by atoms with E-state index in [1.165, 1.54) is 5.56 Å². The lowest BCUT2D eigenvalue weighted by atomic mass is 9.46. The molecule has 9 nitrogen and oxygen atoms in total. The van der Waals surface area contributed by atoms with Crippen molar-refractivity contribution in [3.63, 3.8) is 0 Å². The molecule has 2 aromatic carbocycles. The van der Waals surface area contributed by atoms with Gasteiger partial charge >= 0.3 is 6.09 Å². The fourth-order valence-corrected chi connectivity index (χ4v) is 9.02. The maximum absolute atomic E-state index is 13.5. The summed E-state index contributed by atoms with van der Waals surface area (Å²) in [5.74, 6) is 0.904. The van der Waals surface area contributed by atoms with E-state index < -0.39 is 23.4 Å². The van der Waals surface area contributed by atoms with E-state index in [1.54, 1.807) is 18.2 Å². The first-order valence-electron chi connectivity index (χ1n) is 16.6. The highest BCUT2D eigenvalue weighted by molar-refractivity contribution is 5.98. The van der Waals surface area contributed by atoms with Crippen LogP contribution in [-0.2, 0) is 16.1 Å². The van der Waals surface area contributed by atoms with Crippen LogP contribution in [0.5, 0.6) is 0 Å².